The van der Waals surface area contributed by atoms with Gasteiger partial charge in [0.15, 0.2) is 6.04 Å². The van der Waals surface area contributed by atoms with Gasteiger partial charge in [0.2, 0.25) is 5.91 Å². The molecule has 2 rings (SSSR count). The summed E-state index contributed by atoms with van der Waals surface area (Å²) in [5.41, 5.74) is -0.237. The number of halogens is 2. The number of amides is 1. The minimum Gasteiger partial charge on any atom is -0.467 e. The molecule has 1 saturated carbocycles. The molecule has 0 spiro atoms. The third-order valence-corrected chi connectivity index (χ3v) is 3.44. The summed E-state index contributed by atoms with van der Waals surface area (Å²) >= 11 is 0. The Morgan fingerprint density at radius 1 is 1.40 bits per heavy atom. The van der Waals surface area contributed by atoms with E-state index in [0.29, 0.717) is 0 Å². The molecule has 3 atom stereocenters. The Hall–Kier alpha value is -1.98. The fraction of sp³-hybridized carbons (Fsp3) is 0.429. The van der Waals surface area contributed by atoms with Gasteiger partial charge in [-0.05, 0) is 30.5 Å². The largest absolute Gasteiger partial charge is 0.467 e. The molecular formula is C14H15F2NO3. The molecule has 0 aromatic heterocycles. The summed E-state index contributed by atoms with van der Waals surface area (Å²) < 4.78 is 31.5. The highest BCUT2D eigenvalue weighted by Gasteiger charge is 2.41. The Morgan fingerprint density at radius 2 is 2.05 bits per heavy atom. The maximum Gasteiger partial charge on any atom is 0.333 e. The van der Waals surface area contributed by atoms with Crippen LogP contribution < -0.4 is 5.32 Å². The molecule has 1 fully saturated rings. The summed E-state index contributed by atoms with van der Waals surface area (Å²) in [4.78, 5) is 23.6. The van der Waals surface area contributed by atoms with Crippen molar-refractivity contribution in [2.75, 3.05) is 7.11 Å². The zero-order chi connectivity index (χ0) is 14.9. The number of carbonyl (C=O) groups is 2. The topological polar surface area (TPSA) is 55.4 Å². The van der Waals surface area contributed by atoms with Crippen LogP contribution in [-0.2, 0) is 14.3 Å². The van der Waals surface area contributed by atoms with E-state index in [9.17, 15) is 18.4 Å². The summed E-state index contributed by atoms with van der Waals surface area (Å²) in [5, 5.41) is 2.42. The van der Waals surface area contributed by atoms with Gasteiger partial charge in [0, 0.05) is 11.5 Å². The van der Waals surface area contributed by atoms with Gasteiger partial charge in [-0.3, -0.25) is 4.79 Å². The van der Waals surface area contributed by atoms with Crippen molar-refractivity contribution in [1.82, 2.24) is 5.32 Å². The molecule has 1 aliphatic rings. The second-order valence-corrected chi connectivity index (χ2v) is 4.95. The van der Waals surface area contributed by atoms with Crippen molar-refractivity contribution in [3.63, 3.8) is 0 Å². The van der Waals surface area contributed by atoms with Gasteiger partial charge in [-0.1, -0.05) is 6.92 Å². The van der Waals surface area contributed by atoms with E-state index in [1.807, 2.05) is 6.92 Å². The third kappa shape index (κ3) is 2.95. The molecule has 108 valence electrons. The zero-order valence-electron chi connectivity index (χ0n) is 11.2. The lowest BCUT2D eigenvalue weighted by Crippen LogP contribution is -2.36. The van der Waals surface area contributed by atoms with Gasteiger partial charge in [-0.15, -0.1) is 0 Å². The number of hydrogen-bond donors (Lipinski definition) is 1. The Kier molecular flexibility index (Phi) is 4.01. The summed E-state index contributed by atoms with van der Waals surface area (Å²) in [7, 11) is 1.12. The maximum absolute atomic E-state index is 13.7. The van der Waals surface area contributed by atoms with Crippen LogP contribution in [0.15, 0.2) is 18.2 Å². The summed E-state index contributed by atoms with van der Waals surface area (Å²) in [6.07, 6.45) is 0.728. The summed E-state index contributed by atoms with van der Waals surface area (Å²) in [5.74, 6) is -2.59. The molecule has 1 aromatic rings. The smallest absolute Gasteiger partial charge is 0.333 e. The molecule has 0 radical (unpaired) electrons. The van der Waals surface area contributed by atoms with Crippen LogP contribution >= 0.6 is 0 Å². The highest BCUT2D eigenvalue weighted by Crippen LogP contribution is 2.38. The standard InChI is InChI=1S/C14H15F2NO3/c1-7-5-9(7)13(18)17-12(14(19)20-2)10-6-8(15)3-4-11(10)16/h3-4,6-7,9,12H,5H2,1-2H3,(H,17,18)/t7-,9-,12+/m0/s1. The molecule has 1 N–H and O–H groups in total. The molecule has 0 heterocycles. The number of ether oxygens (including phenoxy) is 1. The Morgan fingerprint density at radius 3 is 2.60 bits per heavy atom. The van der Waals surface area contributed by atoms with Crippen LogP contribution in [0.5, 0.6) is 0 Å². The van der Waals surface area contributed by atoms with Crippen molar-refractivity contribution in [3.8, 4) is 0 Å². The average molecular weight is 283 g/mol. The van der Waals surface area contributed by atoms with E-state index in [2.05, 4.69) is 10.1 Å². The van der Waals surface area contributed by atoms with Crippen molar-refractivity contribution >= 4 is 11.9 Å². The van der Waals surface area contributed by atoms with E-state index in [1.54, 1.807) is 0 Å². The van der Waals surface area contributed by atoms with Crippen molar-refractivity contribution in [2.24, 2.45) is 11.8 Å². The summed E-state index contributed by atoms with van der Waals surface area (Å²) in [6.45, 7) is 1.90. The molecule has 1 aliphatic carbocycles. The van der Waals surface area contributed by atoms with Gasteiger partial charge in [0.05, 0.1) is 7.11 Å². The second kappa shape index (κ2) is 5.56. The number of rotatable bonds is 4. The lowest BCUT2D eigenvalue weighted by molar-refractivity contribution is -0.145. The first kappa shape index (κ1) is 14.4. The maximum atomic E-state index is 13.7. The van der Waals surface area contributed by atoms with Crippen LogP contribution in [0, 0.1) is 23.5 Å². The van der Waals surface area contributed by atoms with Crippen molar-refractivity contribution in [2.45, 2.75) is 19.4 Å². The Balaban J connectivity index is 2.25. The normalized spacial score (nSPS) is 22.0. The predicted octanol–water partition coefficient (Wildman–Crippen LogP) is 1.95. The van der Waals surface area contributed by atoms with Gasteiger partial charge in [-0.25, -0.2) is 13.6 Å². The van der Waals surface area contributed by atoms with E-state index < -0.39 is 23.6 Å². The van der Waals surface area contributed by atoms with Crippen LogP contribution in [0.4, 0.5) is 8.78 Å². The SMILES string of the molecule is COC(=O)[C@H](NC(=O)[C@H]1C[C@@H]1C)c1cc(F)ccc1F. The van der Waals surface area contributed by atoms with Crippen LogP contribution in [0.25, 0.3) is 0 Å². The molecule has 0 unspecified atom stereocenters. The minimum atomic E-state index is -1.34. The first-order valence-corrected chi connectivity index (χ1v) is 6.27. The van der Waals surface area contributed by atoms with Crippen molar-refractivity contribution in [3.05, 3.63) is 35.4 Å². The molecule has 0 bridgehead atoms. The van der Waals surface area contributed by atoms with Crippen LogP contribution in [0.3, 0.4) is 0 Å². The lowest BCUT2D eigenvalue weighted by atomic mass is 10.1. The number of hydrogen-bond acceptors (Lipinski definition) is 3. The molecule has 20 heavy (non-hydrogen) atoms. The van der Waals surface area contributed by atoms with E-state index in [-0.39, 0.29) is 23.3 Å². The van der Waals surface area contributed by atoms with Crippen LogP contribution in [0.1, 0.15) is 24.9 Å². The van der Waals surface area contributed by atoms with Gasteiger partial charge < -0.3 is 10.1 Å². The second-order valence-electron chi connectivity index (χ2n) is 4.95. The van der Waals surface area contributed by atoms with Crippen molar-refractivity contribution < 1.29 is 23.1 Å². The lowest BCUT2D eigenvalue weighted by Gasteiger charge is -2.17. The molecule has 0 aliphatic heterocycles. The van der Waals surface area contributed by atoms with Gasteiger partial charge in [-0.2, -0.15) is 0 Å². The Bertz CT molecular complexity index is 547. The van der Waals surface area contributed by atoms with E-state index in [4.69, 9.17) is 0 Å². The van der Waals surface area contributed by atoms with E-state index in [1.165, 1.54) is 0 Å². The fourth-order valence-corrected chi connectivity index (χ4v) is 2.05. The van der Waals surface area contributed by atoms with E-state index in [0.717, 1.165) is 31.7 Å². The number of benzene rings is 1. The highest BCUT2D eigenvalue weighted by atomic mass is 19.1. The molecule has 1 aromatic carbocycles. The zero-order valence-corrected chi connectivity index (χ0v) is 11.2. The molecule has 6 heteroatoms. The minimum absolute atomic E-state index is 0.182. The first-order chi connectivity index (χ1) is 9.43. The molecular weight excluding hydrogens is 268 g/mol. The van der Waals surface area contributed by atoms with Gasteiger partial charge in [0.25, 0.3) is 0 Å². The van der Waals surface area contributed by atoms with Crippen LogP contribution in [0.2, 0.25) is 0 Å². The predicted molar refractivity (Wildman–Crippen MR) is 66.5 cm³/mol. The summed E-state index contributed by atoms with van der Waals surface area (Å²) in [6, 6.07) is 1.40. The monoisotopic (exact) mass is 283 g/mol. The van der Waals surface area contributed by atoms with Crippen molar-refractivity contribution in [1.29, 1.82) is 0 Å². The number of nitrogens with one attached hydrogen (secondary N) is 1. The quantitative estimate of drug-likeness (QED) is 0.859. The van der Waals surface area contributed by atoms with Crippen LogP contribution in [-0.4, -0.2) is 19.0 Å². The molecule has 0 saturated heterocycles. The van der Waals surface area contributed by atoms with Gasteiger partial charge >= 0.3 is 5.97 Å². The number of carbonyl (C=O) groups excluding carboxylic acids is 2. The Labute approximate surface area is 115 Å². The average Bonchev–Trinajstić information content (AvgIpc) is 3.15. The molecule has 1 amide bonds. The van der Waals surface area contributed by atoms with E-state index >= 15 is 0 Å². The fourth-order valence-electron chi connectivity index (χ4n) is 2.05. The number of esters is 1. The third-order valence-electron chi connectivity index (χ3n) is 3.44. The van der Waals surface area contributed by atoms with Gasteiger partial charge in [0.1, 0.15) is 11.6 Å². The number of methoxy groups -OCH3 is 1. The first-order valence-electron chi connectivity index (χ1n) is 6.27. The highest BCUT2D eigenvalue weighted by molar-refractivity contribution is 5.88. The molecule has 4 nitrogen and oxygen atoms in total.